The number of aromatic nitrogens is 1. The average Bonchev–Trinajstić information content (AvgIpc) is 3.73. The molecule has 1 fully saturated rings. The number of pyridine rings is 1. The Hall–Kier alpha value is -3.42. The van der Waals surface area contributed by atoms with Gasteiger partial charge in [0.15, 0.2) is 0 Å². The Balaban J connectivity index is 1.40. The molecule has 6 rings (SSSR count). The van der Waals surface area contributed by atoms with Crippen molar-refractivity contribution in [3.63, 3.8) is 0 Å². The first-order valence-electron chi connectivity index (χ1n) is 13.6. The Kier molecular flexibility index (Phi) is 5.92. The first-order chi connectivity index (χ1) is 17.8. The quantitative estimate of drug-likeness (QED) is 0.645. The van der Waals surface area contributed by atoms with E-state index in [0.29, 0.717) is 50.0 Å². The molecule has 0 bridgehead atoms. The molecule has 1 atom stereocenters. The smallest absolute Gasteiger partial charge is 0.270 e. The Morgan fingerprint density at radius 3 is 2.59 bits per heavy atom. The molecule has 4 heterocycles. The first kappa shape index (κ1) is 23.9. The van der Waals surface area contributed by atoms with Crippen LogP contribution in [0.2, 0.25) is 0 Å². The summed E-state index contributed by atoms with van der Waals surface area (Å²) in [6.07, 6.45) is 5.69. The van der Waals surface area contributed by atoms with Gasteiger partial charge >= 0.3 is 0 Å². The Morgan fingerprint density at radius 1 is 1.03 bits per heavy atom. The van der Waals surface area contributed by atoms with E-state index in [1.54, 1.807) is 7.05 Å². The molecule has 1 saturated carbocycles. The van der Waals surface area contributed by atoms with E-state index in [1.165, 1.54) is 29.1 Å². The van der Waals surface area contributed by atoms with Gasteiger partial charge in [0.05, 0.1) is 0 Å². The standard InChI is InChI=1S/C29H35N5O3/c1-18-7-10-22-21(5-4-6-26(22)31(18)2)23-15-20-17-33(29(37)24-11-12-27(35)32(3)30-24)14-13-25(20)34(28(23)36)16-19-8-9-19/h4-6,15,18-19H,7-14,16-17H2,1-3H3. The predicted octanol–water partition coefficient (Wildman–Crippen LogP) is 3.19. The number of anilines is 1. The summed E-state index contributed by atoms with van der Waals surface area (Å²) in [5, 5.41) is 5.52. The van der Waals surface area contributed by atoms with Crippen molar-refractivity contribution in [2.45, 2.75) is 71.0 Å². The lowest BCUT2D eigenvalue weighted by molar-refractivity contribution is -0.130. The van der Waals surface area contributed by atoms with Crippen LogP contribution in [0.15, 0.2) is 34.2 Å². The lowest BCUT2D eigenvalue weighted by Crippen LogP contribution is -2.44. The van der Waals surface area contributed by atoms with Crippen molar-refractivity contribution < 1.29 is 9.59 Å². The van der Waals surface area contributed by atoms with E-state index >= 15 is 0 Å². The molecule has 8 heteroatoms. The SMILES string of the molecule is CC1CCc2c(-c3cc4c(n(CC5CC5)c3=O)CCN(C(=O)C3=NN(C)C(=O)CC3)C4)cccc2N1C. The van der Waals surface area contributed by atoms with E-state index in [-0.39, 0.29) is 17.4 Å². The largest absolute Gasteiger partial charge is 0.372 e. The number of amides is 2. The van der Waals surface area contributed by atoms with Gasteiger partial charge in [-0.3, -0.25) is 14.4 Å². The van der Waals surface area contributed by atoms with Crippen LogP contribution < -0.4 is 10.5 Å². The summed E-state index contributed by atoms with van der Waals surface area (Å²) in [4.78, 5) is 43.3. The second-order valence-electron chi connectivity index (χ2n) is 11.1. The second-order valence-corrected chi connectivity index (χ2v) is 11.1. The normalized spacial score (nSPS) is 21.5. The van der Waals surface area contributed by atoms with Crippen LogP contribution in [0.1, 0.15) is 55.8 Å². The Bertz CT molecular complexity index is 1370. The maximum atomic E-state index is 14.0. The van der Waals surface area contributed by atoms with Crippen LogP contribution in [-0.4, -0.2) is 58.7 Å². The molecule has 2 amide bonds. The fraction of sp³-hybridized carbons (Fsp3) is 0.517. The zero-order valence-electron chi connectivity index (χ0n) is 22.0. The molecular formula is C29H35N5O3. The van der Waals surface area contributed by atoms with Crippen molar-refractivity contribution >= 4 is 23.2 Å². The van der Waals surface area contributed by atoms with Gasteiger partial charge in [-0.1, -0.05) is 12.1 Å². The molecule has 8 nitrogen and oxygen atoms in total. The lowest BCUT2D eigenvalue weighted by Gasteiger charge is -2.35. The highest BCUT2D eigenvalue weighted by atomic mass is 16.2. The van der Waals surface area contributed by atoms with Crippen LogP contribution in [0.25, 0.3) is 11.1 Å². The summed E-state index contributed by atoms with van der Waals surface area (Å²) in [7, 11) is 3.73. The molecule has 37 heavy (non-hydrogen) atoms. The van der Waals surface area contributed by atoms with Crippen LogP contribution in [0.3, 0.4) is 0 Å². The van der Waals surface area contributed by atoms with Gasteiger partial charge in [-0.2, -0.15) is 5.10 Å². The van der Waals surface area contributed by atoms with Crippen LogP contribution in [0, 0.1) is 5.92 Å². The molecule has 0 radical (unpaired) electrons. The third-order valence-corrected chi connectivity index (χ3v) is 8.64. The van der Waals surface area contributed by atoms with Gasteiger partial charge in [0.25, 0.3) is 11.5 Å². The molecule has 1 unspecified atom stereocenters. The fourth-order valence-electron chi connectivity index (χ4n) is 6.05. The minimum absolute atomic E-state index is 0.0690. The van der Waals surface area contributed by atoms with Gasteiger partial charge in [0, 0.05) is 76.0 Å². The summed E-state index contributed by atoms with van der Waals surface area (Å²) in [6.45, 7) is 4.01. The highest BCUT2D eigenvalue weighted by Gasteiger charge is 2.32. The molecule has 3 aliphatic heterocycles. The lowest BCUT2D eigenvalue weighted by atomic mass is 9.89. The van der Waals surface area contributed by atoms with Gasteiger partial charge in [-0.15, -0.1) is 0 Å². The molecule has 0 spiro atoms. The molecule has 2 aromatic rings. The van der Waals surface area contributed by atoms with Gasteiger partial charge in [-0.25, -0.2) is 5.01 Å². The van der Waals surface area contributed by atoms with Crippen LogP contribution in [0.5, 0.6) is 0 Å². The van der Waals surface area contributed by atoms with E-state index in [1.807, 2.05) is 15.5 Å². The highest BCUT2D eigenvalue weighted by molar-refractivity contribution is 6.39. The van der Waals surface area contributed by atoms with Crippen LogP contribution >= 0.6 is 0 Å². The summed E-state index contributed by atoms with van der Waals surface area (Å²) in [5.41, 5.74) is 6.86. The summed E-state index contributed by atoms with van der Waals surface area (Å²) in [6, 6.07) is 8.81. The summed E-state index contributed by atoms with van der Waals surface area (Å²) in [5.74, 6) is 0.387. The number of carbonyl (C=O) groups is 2. The molecule has 0 saturated heterocycles. The summed E-state index contributed by atoms with van der Waals surface area (Å²) >= 11 is 0. The number of nitrogens with zero attached hydrogens (tertiary/aromatic N) is 5. The van der Waals surface area contributed by atoms with Crippen molar-refractivity contribution in [3.05, 3.63) is 51.4 Å². The monoisotopic (exact) mass is 501 g/mol. The van der Waals surface area contributed by atoms with Crippen molar-refractivity contribution in [2.75, 3.05) is 25.5 Å². The number of hydrazone groups is 1. The number of benzene rings is 1. The molecule has 1 aromatic heterocycles. The van der Waals surface area contributed by atoms with Gasteiger partial charge < -0.3 is 14.4 Å². The zero-order chi connectivity index (χ0) is 25.8. The van der Waals surface area contributed by atoms with Crippen molar-refractivity contribution in [3.8, 4) is 11.1 Å². The van der Waals surface area contributed by atoms with Crippen LogP contribution in [0.4, 0.5) is 5.69 Å². The highest BCUT2D eigenvalue weighted by Crippen LogP contribution is 2.37. The predicted molar refractivity (Wildman–Crippen MR) is 144 cm³/mol. The number of hydrogen-bond acceptors (Lipinski definition) is 5. The molecule has 194 valence electrons. The Labute approximate surface area is 217 Å². The third-order valence-electron chi connectivity index (χ3n) is 8.64. The van der Waals surface area contributed by atoms with E-state index in [9.17, 15) is 14.4 Å². The molecule has 4 aliphatic rings. The maximum Gasteiger partial charge on any atom is 0.270 e. The van der Waals surface area contributed by atoms with E-state index in [2.05, 4.69) is 42.2 Å². The molecular weight excluding hydrogens is 466 g/mol. The van der Waals surface area contributed by atoms with Crippen molar-refractivity contribution in [1.29, 1.82) is 0 Å². The maximum absolute atomic E-state index is 14.0. The first-order valence-corrected chi connectivity index (χ1v) is 13.6. The Morgan fingerprint density at radius 2 is 1.84 bits per heavy atom. The van der Waals surface area contributed by atoms with E-state index in [0.717, 1.165) is 41.8 Å². The minimum atomic E-state index is -0.112. The molecule has 1 aromatic carbocycles. The molecule has 1 aliphatic carbocycles. The van der Waals surface area contributed by atoms with Gasteiger partial charge in [0.2, 0.25) is 5.91 Å². The number of fused-ring (bicyclic) bond motifs is 2. The second kappa shape index (κ2) is 9.15. The topological polar surface area (TPSA) is 78.2 Å². The zero-order valence-corrected chi connectivity index (χ0v) is 22.0. The van der Waals surface area contributed by atoms with Gasteiger partial charge in [-0.05, 0) is 67.3 Å². The summed E-state index contributed by atoms with van der Waals surface area (Å²) < 4.78 is 2.02. The third kappa shape index (κ3) is 4.26. The van der Waals surface area contributed by atoms with Crippen molar-refractivity contribution in [1.82, 2.24) is 14.5 Å². The minimum Gasteiger partial charge on any atom is -0.372 e. The average molecular weight is 502 g/mol. The number of rotatable bonds is 4. The van der Waals surface area contributed by atoms with Gasteiger partial charge in [0.1, 0.15) is 5.71 Å². The molecule has 0 N–H and O–H groups in total. The fourth-order valence-corrected chi connectivity index (χ4v) is 6.05. The van der Waals surface area contributed by atoms with Crippen molar-refractivity contribution in [2.24, 2.45) is 11.0 Å². The number of hydrogen-bond donors (Lipinski definition) is 0. The number of carbonyl (C=O) groups excluding carboxylic acids is 2. The van der Waals surface area contributed by atoms with Crippen LogP contribution in [-0.2, 0) is 35.5 Å². The van der Waals surface area contributed by atoms with E-state index < -0.39 is 0 Å². The van der Waals surface area contributed by atoms with E-state index in [4.69, 9.17) is 0 Å².